The van der Waals surface area contributed by atoms with Gasteiger partial charge in [-0.1, -0.05) is 12.1 Å². The zero-order valence-electron chi connectivity index (χ0n) is 12.2. The van der Waals surface area contributed by atoms with E-state index < -0.39 is 0 Å². The Morgan fingerprint density at radius 2 is 2.38 bits per heavy atom. The number of methoxy groups -OCH3 is 1. The van der Waals surface area contributed by atoms with Crippen molar-refractivity contribution in [1.29, 1.82) is 0 Å². The standard InChI is InChI=1S/C16H19N3O2/c1-10(12-8-17-18-9-12)19-16(20)15-7-14(15)11-4-3-5-13(6-11)21-2/h3-6,8-10,14-15H,7H2,1-2H3,(H,17,18)(H,19,20)/t10?,14-,15+/m0/s1. The van der Waals surface area contributed by atoms with E-state index in [-0.39, 0.29) is 17.9 Å². The van der Waals surface area contributed by atoms with Gasteiger partial charge in [0.25, 0.3) is 0 Å². The molecule has 1 aromatic carbocycles. The van der Waals surface area contributed by atoms with Crippen LogP contribution in [0, 0.1) is 5.92 Å². The fourth-order valence-corrected chi connectivity index (χ4v) is 2.63. The van der Waals surface area contributed by atoms with Crippen molar-refractivity contribution in [1.82, 2.24) is 15.5 Å². The highest BCUT2D eigenvalue weighted by atomic mass is 16.5. The van der Waals surface area contributed by atoms with Crippen LogP contribution >= 0.6 is 0 Å². The molecule has 0 bridgehead atoms. The molecular formula is C16H19N3O2. The third kappa shape index (κ3) is 2.91. The van der Waals surface area contributed by atoms with Crippen LogP contribution in [0.25, 0.3) is 0 Å². The first-order chi connectivity index (χ1) is 10.2. The second kappa shape index (κ2) is 5.60. The molecule has 1 heterocycles. The van der Waals surface area contributed by atoms with Gasteiger partial charge in [-0.15, -0.1) is 0 Å². The number of aromatic amines is 1. The molecule has 1 amide bonds. The molecule has 1 aliphatic rings. The summed E-state index contributed by atoms with van der Waals surface area (Å²) in [7, 11) is 1.66. The van der Waals surface area contributed by atoms with Crippen LogP contribution < -0.4 is 10.1 Å². The van der Waals surface area contributed by atoms with Gasteiger partial charge < -0.3 is 10.1 Å². The molecular weight excluding hydrogens is 266 g/mol. The fraction of sp³-hybridized carbons (Fsp3) is 0.375. The summed E-state index contributed by atoms with van der Waals surface area (Å²) in [5.74, 6) is 1.31. The minimum absolute atomic E-state index is 0.0252. The fourth-order valence-electron chi connectivity index (χ4n) is 2.63. The van der Waals surface area contributed by atoms with Gasteiger partial charge in [-0.25, -0.2) is 0 Å². The molecule has 1 aliphatic carbocycles. The largest absolute Gasteiger partial charge is 0.497 e. The Balaban J connectivity index is 1.60. The molecule has 1 saturated carbocycles. The number of ether oxygens (including phenoxy) is 1. The predicted molar refractivity (Wildman–Crippen MR) is 79.0 cm³/mol. The van der Waals surface area contributed by atoms with Crippen molar-refractivity contribution >= 4 is 5.91 Å². The lowest BCUT2D eigenvalue weighted by Gasteiger charge is -2.12. The Labute approximate surface area is 123 Å². The topological polar surface area (TPSA) is 67.0 Å². The average molecular weight is 285 g/mol. The molecule has 5 heteroatoms. The Kier molecular flexibility index (Phi) is 3.64. The highest BCUT2D eigenvalue weighted by Gasteiger charge is 2.44. The van der Waals surface area contributed by atoms with Crippen molar-refractivity contribution in [2.24, 2.45) is 5.92 Å². The van der Waals surface area contributed by atoms with Gasteiger partial charge in [0.15, 0.2) is 0 Å². The zero-order chi connectivity index (χ0) is 14.8. The smallest absolute Gasteiger partial charge is 0.224 e. The number of benzene rings is 1. The third-order valence-corrected chi connectivity index (χ3v) is 4.03. The maximum Gasteiger partial charge on any atom is 0.224 e. The van der Waals surface area contributed by atoms with Crippen LogP contribution in [-0.4, -0.2) is 23.2 Å². The molecule has 1 fully saturated rings. The summed E-state index contributed by atoms with van der Waals surface area (Å²) in [6.07, 6.45) is 4.44. The number of hydrogen-bond donors (Lipinski definition) is 2. The van der Waals surface area contributed by atoms with Crippen molar-refractivity contribution in [2.75, 3.05) is 7.11 Å². The monoisotopic (exact) mass is 285 g/mol. The summed E-state index contributed by atoms with van der Waals surface area (Å²) in [5.41, 5.74) is 2.16. The lowest BCUT2D eigenvalue weighted by Crippen LogP contribution is -2.28. The summed E-state index contributed by atoms with van der Waals surface area (Å²) >= 11 is 0. The van der Waals surface area contributed by atoms with Gasteiger partial charge in [-0.05, 0) is 37.0 Å². The minimum Gasteiger partial charge on any atom is -0.497 e. The van der Waals surface area contributed by atoms with Crippen molar-refractivity contribution < 1.29 is 9.53 Å². The van der Waals surface area contributed by atoms with E-state index in [4.69, 9.17) is 4.74 Å². The Morgan fingerprint density at radius 1 is 1.52 bits per heavy atom. The van der Waals surface area contributed by atoms with Crippen LogP contribution in [0.4, 0.5) is 0 Å². The second-order valence-corrected chi connectivity index (χ2v) is 5.49. The predicted octanol–water partition coefficient (Wildman–Crippen LogP) is 2.40. The van der Waals surface area contributed by atoms with Gasteiger partial charge in [-0.3, -0.25) is 9.89 Å². The summed E-state index contributed by atoms with van der Waals surface area (Å²) in [6, 6.07) is 7.93. The summed E-state index contributed by atoms with van der Waals surface area (Å²) in [4.78, 5) is 12.3. The number of carbonyl (C=O) groups excluding carboxylic acids is 1. The van der Waals surface area contributed by atoms with E-state index in [1.54, 1.807) is 19.5 Å². The first-order valence-electron chi connectivity index (χ1n) is 7.12. The zero-order valence-corrected chi connectivity index (χ0v) is 12.2. The van der Waals surface area contributed by atoms with E-state index in [0.29, 0.717) is 5.92 Å². The molecule has 3 atom stereocenters. The molecule has 0 saturated heterocycles. The van der Waals surface area contributed by atoms with E-state index in [9.17, 15) is 4.79 Å². The molecule has 21 heavy (non-hydrogen) atoms. The Hall–Kier alpha value is -2.30. The first-order valence-corrected chi connectivity index (χ1v) is 7.12. The normalized spacial score (nSPS) is 21.6. The molecule has 110 valence electrons. The summed E-state index contributed by atoms with van der Waals surface area (Å²) in [6.45, 7) is 1.96. The van der Waals surface area contributed by atoms with Crippen LogP contribution in [0.3, 0.4) is 0 Å². The lowest BCUT2D eigenvalue weighted by atomic mass is 10.1. The number of carbonyl (C=O) groups is 1. The molecule has 2 N–H and O–H groups in total. The number of nitrogens with zero attached hydrogens (tertiary/aromatic N) is 1. The summed E-state index contributed by atoms with van der Waals surface area (Å²) in [5, 5.41) is 9.71. The highest BCUT2D eigenvalue weighted by molar-refractivity contribution is 5.83. The van der Waals surface area contributed by atoms with Gasteiger partial charge in [0.2, 0.25) is 5.91 Å². The van der Waals surface area contributed by atoms with Crippen molar-refractivity contribution in [2.45, 2.75) is 25.3 Å². The van der Waals surface area contributed by atoms with Crippen molar-refractivity contribution in [3.05, 3.63) is 47.8 Å². The number of amides is 1. The van der Waals surface area contributed by atoms with Crippen LogP contribution in [0.15, 0.2) is 36.7 Å². The molecule has 2 aromatic rings. The maximum absolute atomic E-state index is 12.3. The molecule has 1 aromatic heterocycles. The molecule has 0 spiro atoms. The maximum atomic E-state index is 12.3. The Bertz CT molecular complexity index is 624. The lowest BCUT2D eigenvalue weighted by molar-refractivity contribution is -0.123. The van der Waals surface area contributed by atoms with Crippen LogP contribution in [0.2, 0.25) is 0 Å². The first kappa shape index (κ1) is 13.7. The van der Waals surface area contributed by atoms with E-state index in [2.05, 4.69) is 21.6 Å². The van der Waals surface area contributed by atoms with Gasteiger partial charge >= 0.3 is 0 Å². The number of H-pyrrole nitrogens is 1. The van der Waals surface area contributed by atoms with E-state index in [1.165, 1.54) is 5.56 Å². The third-order valence-electron chi connectivity index (χ3n) is 4.03. The average Bonchev–Trinajstić information content (AvgIpc) is 3.12. The molecule has 3 rings (SSSR count). The number of rotatable bonds is 5. The van der Waals surface area contributed by atoms with Gasteiger partial charge in [0.1, 0.15) is 5.75 Å². The van der Waals surface area contributed by atoms with E-state index >= 15 is 0 Å². The SMILES string of the molecule is COc1cccc([C@@H]2C[C@H]2C(=O)NC(C)c2cn[nH]c2)c1. The Morgan fingerprint density at radius 3 is 3.10 bits per heavy atom. The van der Waals surface area contributed by atoms with Gasteiger partial charge in [-0.2, -0.15) is 5.10 Å². The molecule has 5 nitrogen and oxygen atoms in total. The van der Waals surface area contributed by atoms with Crippen LogP contribution in [0.5, 0.6) is 5.75 Å². The number of nitrogens with one attached hydrogen (secondary N) is 2. The van der Waals surface area contributed by atoms with E-state index in [1.807, 2.05) is 25.1 Å². The van der Waals surface area contributed by atoms with Crippen LogP contribution in [-0.2, 0) is 4.79 Å². The van der Waals surface area contributed by atoms with E-state index in [0.717, 1.165) is 17.7 Å². The van der Waals surface area contributed by atoms with Crippen molar-refractivity contribution in [3.63, 3.8) is 0 Å². The van der Waals surface area contributed by atoms with Crippen molar-refractivity contribution in [3.8, 4) is 5.75 Å². The van der Waals surface area contributed by atoms with Crippen LogP contribution in [0.1, 0.15) is 36.4 Å². The van der Waals surface area contributed by atoms with Gasteiger partial charge in [0.05, 0.1) is 19.3 Å². The second-order valence-electron chi connectivity index (χ2n) is 5.49. The number of hydrogen-bond acceptors (Lipinski definition) is 3. The molecule has 0 aliphatic heterocycles. The van der Waals surface area contributed by atoms with Gasteiger partial charge in [0, 0.05) is 17.7 Å². The number of aromatic nitrogens is 2. The highest BCUT2D eigenvalue weighted by Crippen LogP contribution is 2.48. The molecule has 1 unspecified atom stereocenters. The quantitative estimate of drug-likeness (QED) is 0.886. The molecule has 0 radical (unpaired) electrons. The minimum atomic E-state index is -0.0252. The summed E-state index contributed by atoms with van der Waals surface area (Å²) < 4.78 is 5.23.